The Morgan fingerprint density at radius 2 is 1.94 bits per heavy atom. The van der Waals surface area contributed by atoms with Crippen molar-refractivity contribution in [3.05, 3.63) is 0 Å². The smallest absolute Gasteiger partial charge is 0.191 e. The van der Waals surface area contributed by atoms with E-state index in [-0.39, 0.29) is 24.0 Å². The van der Waals surface area contributed by atoms with Gasteiger partial charge in [0.25, 0.3) is 0 Å². The molecule has 1 heterocycles. The third-order valence-electron chi connectivity index (χ3n) is 4.80. The van der Waals surface area contributed by atoms with Gasteiger partial charge in [0.1, 0.15) is 0 Å². The molecule has 0 aromatic rings. The summed E-state index contributed by atoms with van der Waals surface area (Å²) in [6.07, 6.45) is 6.99. The first-order chi connectivity index (χ1) is 8.27. The molecule has 2 bridgehead atoms. The summed E-state index contributed by atoms with van der Waals surface area (Å²) in [6.45, 7) is 4.30. The number of aliphatic imine (C=N–C) groups is 1. The summed E-state index contributed by atoms with van der Waals surface area (Å²) in [5.41, 5.74) is 6.59. The molecule has 104 valence electrons. The van der Waals surface area contributed by atoms with Gasteiger partial charge in [-0.3, -0.25) is 4.99 Å². The Bertz CT molecular complexity index is 307. The monoisotopic (exact) mass is 365 g/mol. The van der Waals surface area contributed by atoms with Crippen LogP contribution in [0.15, 0.2) is 4.99 Å². The van der Waals surface area contributed by atoms with Crippen LogP contribution in [0.3, 0.4) is 0 Å². The van der Waals surface area contributed by atoms with Crippen molar-refractivity contribution >= 4 is 29.9 Å². The van der Waals surface area contributed by atoms with Gasteiger partial charge in [-0.2, -0.15) is 0 Å². The SMILES string of the molecule is I.NC(=NCC12CCC(CC1)C2)N1CCOCC1. The van der Waals surface area contributed by atoms with Crippen molar-refractivity contribution in [2.75, 3.05) is 32.8 Å². The van der Waals surface area contributed by atoms with E-state index in [2.05, 4.69) is 9.89 Å². The van der Waals surface area contributed by atoms with Crippen molar-refractivity contribution in [1.29, 1.82) is 0 Å². The average Bonchev–Trinajstić information content (AvgIpc) is 2.98. The van der Waals surface area contributed by atoms with Gasteiger partial charge >= 0.3 is 0 Å². The summed E-state index contributed by atoms with van der Waals surface area (Å²) in [7, 11) is 0. The molecule has 1 saturated heterocycles. The molecule has 3 fully saturated rings. The summed E-state index contributed by atoms with van der Waals surface area (Å²) in [6, 6.07) is 0. The third kappa shape index (κ3) is 2.92. The Kier molecular flexibility index (Phi) is 4.75. The van der Waals surface area contributed by atoms with E-state index in [0.29, 0.717) is 5.41 Å². The molecule has 0 spiro atoms. The fourth-order valence-electron chi connectivity index (χ4n) is 3.67. The molecule has 0 atom stereocenters. The number of halogens is 1. The number of nitrogens with zero attached hydrogens (tertiary/aromatic N) is 2. The number of guanidine groups is 1. The summed E-state index contributed by atoms with van der Waals surface area (Å²) < 4.78 is 5.32. The quantitative estimate of drug-likeness (QED) is 0.462. The van der Waals surface area contributed by atoms with E-state index in [0.717, 1.165) is 44.7 Å². The van der Waals surface area contributed by atoms with E-state index < -0.39 is 0 Å². The van der Waals surface area contributed by atoms with E-state index in [4.69, 9.17) is 10.5 Å². The second kappa shape index (κ2) is 5.94. The number of ether oxygens (including phenoxy) is 1. The van der Waals surface area contributed by atoms with Crippen LogP contribution in [0.2, 0.25) is 0 Å². The van der Waals surface area contributed by atoms with Crippen molar-refractivity contribution in [1.82, 2.24) is 4.90 Å². The van der Waals surface area contributed by atoms with Gasteiger partial charge in [-0.05, 0) is 43.4 Å². The highest BCUT2D eigenvalue weighted by atomic mass is 127. The van der Waals surface area contributed by atoms with Crippen LogP contribution < -0.4 is 5.73 Å². The second-order valence-electron chi connectivity index (χ2n) is 5.92. The Hall–Kier alpha value is -0.0400. The Morgan fingerprint density at radius 3 is 2.50 bits per heavy atom. The van der Waals surface area contributed by atoms with Crippen LogP contribution in [0.5, 0.6) is 0 Å². The maximum Gasteiger partial charge on any atom is 0.191 e. The van der Waals surface area contributed by atoms with Crippen LogP contribution in [0, 0.1) is 11.3 Å². The molecule has 5 heteroatoms. The van der Waals surface area contributed by atoms with Gasteiger partial charge in [0, 0.05) is 19.6 Å². The second-order valence-corrected chi connectivity index (χ2v) is 5.92. The van der Waals surface area contributed by atoms with Gasteiger partial charge in [0.15, 0.2) is 5.96 Å². The molecule has 0 amide bonds. The van der Waals surface area contributed by atoms with Gasteiger partial charge in [-0.1, -0.05) is 0 Å². The molecule has 18 heavy (non-hydrogen) atoms. The largest absolute Gasteiger partial charge is 0.378 e. The molecule has 2 N–H and O–H groups in total. The van der Waals surface area contributed by atoms with Crippen LogP contribution in [-0.2, 0) is 4.74 Å². The van der Waals surface area contributed by atoms with Gasteiger partial charge in [0.05, 0.1) is 13.2 Å². The lowest BCUT2D eigenvalue weighted by atomic mass is 9.84. The molecule has 2 aliphatic carbocycles. The molecule has 1 aliphatic heterocycles. The first kappa shape index (κ1) is 14.4. The molecule has 2 saturated carbocycles. The number of hydrogen-bond donors (Lipinski definition) is 1. The first-order valence-electron chi connectivity index (χ1n) is 6.90. The normalized spacial score (nSPS) is 35.7. The number of morpholine rings is 1. The van der Waals surface area contributed by atoms with Crippen molar-refractivity contribution < 1.29 is 4.74 Å². The molecule has 0 unspecified atom stereocenters. The van der Waals surface area contributed by atoms with Crippen molar-refractivity contribution in [2.45, 2.75) is 32.1 Å². The molecule has 0 radical (unpaired) electrons. The van der Waals surface area contributed by atoms with E-state index in [9.17, 15) is 0 Å². The molecule has 4 nitrogen and oxygen atoms in total. The van der Waals surface area contributed by atoms with Gasteiger partial charge < -0.3 is 15.4 Å². The predicted octanol–water partition coefficient (Wildman–Crippen LogP) is 1.83. The van der Waals surface area contributed by atoms with Crippen LogP contribution in [0.25, 0.3) is 0 Å². The minimum Gasteiger partial charge on any atom is -0.378 e. The van der Waals surface area contributed by atoms with Crippen LogP contribution in [0.4, 0.5) is 0 Å². The first-order valence-corrected chi connectivity index (χ1v) is 6.90. The number of rotatable bonds is 2. The molecule has 0 aromatic carbocycles. The summed E-state index contributed by atoms with van der Waals surface area (Å²) >= 11 is 0. The Balaban J connectivity index is 0.00000120. The van der Waals surface area contributed by atoms with Gasteiger partial charge in [-0.25, -0.2) is 0 Å². The van der Waals surface area contributed by atoms with E-state index >= 15 is 0 Å². The molecular weight excluding hydrogens is 341 g/mol. The number of hydrogen-bond acceptors (Lipinski definition) is 2. The zero-order chi connectivity index (χ0) is 11.7. The van der Waals surface area contributed by atoms with Crippen molar-refractivity contribution in [2.24, 2.45) is 22.1 Å². The van der Waals surface area contributed by atoms with E-state index in [1.54, 1.807) is 0 Å². The molecular formula is C13H24IN3O. The van der Waals surface area contributed by atoms with Gasteiger partial charge in [0.2, 0.25) is 0 Å². The lowest BCUT2D eigenvalue weighted by molar-refractivity contribution is 0.0673. The topological polar surface area (TPSA) is 50.8 Å². The highest BCUT2D eigenvalue weighted by molar-refractivity contribution is 14.0. The highest BCUT2D eigenvalue weighted by Gasteiger charge is 2.44. The minimum absolute atomic E-state index is 0. The Morgan fingerprint density at radius 1 is 1.28 bits per heavy atom. The van der Waals surface area contributed by atoms with Crippen molar-refractivity contribution in [3.8, 4) is 0 Å². The maximum atomic E-state index is 6.07. The number of nitrogens with two attached hydrogens (primary N) is 1. The average molecular weight is 365 g/mol. The van der Waals surface area contributed by atoms with Crippen molar-refractivity contribution in [3.63, 3.8) is 0 Å². The standard InChI is InChI=1S/C13H23N3O.HI/c14-12(16-5-7-17-8-6-16)15-10-13-3-1-11(9-13)2-4-13;/h11H,1-10H2,(H2,14,15);1H. The van der Waals surface area contributed by atoms with E-state index in [1.807, 2.05) is 0 Å². The Labute approximate surface area is 126 Å². The summed E-state index contributed by atoms with van der Waals surface area (Å²) in [4.78, 5) is 6.82. The summed E-state index contributed by atoms with van der Waals surface area (Å²) in [5, 5.41) is 0. The highest BCUT2D eigenvalue weighted by Crippen LogP contribution is 2.54. The molecule has 3 aliphatic rings. The van der Waals surface area contributed by atoms with Crippen LogP contribution in [0.1, 0.15) is 32.1 Å². The van der Waals surface area contributed by atoms with E-state index in [1.165, 1.54) is 32.1 Å². The lowest BCUT2D eigenvalue weighted by Crippen LogP contribution is -2.45. The zero-order valence-electron chi connectivity index (χ0n) is 10.9. The fraction of sp³-hybridized carbons (Fsp3) is 0.923. The zero-order valence-corrected chi connectivity index (χ0v) is 13.3. The lowest BCUT2D eigenvalue weighted by Gasteiger charge is -2.29. The molecule has 0 aromatic heterocycles. The molecule has 3 rings (SSSR count). The minimum atomic E-state index is 0. The summed E-state index contributed by atoms with van der Waals surface area (Å²) in [5.74, 6) is 1.73. The maximum absolute atomic E-state index is 6.07. The van der Waals surface area contributed by atoms with Crippen LogP contribution >= 0.6 is 24.0 Å². The van der Waals surface area contributed by atoms with Crippen LogP contribution in [-0.4, -0.2) is 43.7 Å². The fourth-order valence-corrected chi connectivity index (χ4v) is 3.67. The third-order valence-corrected chi connectivity index (χ3v) is 4.80. The predicted molar refractivity (Wildman–Crippen MR) is 83.3 cm³/mol. The van der Waals surface area contributed by atoms with Gasteiger partial charge in [-0.15, -0.1) is 24.0 Å². The number of fused-ring (bicyclic) bond motifs is 2.